The van der Waals surface area contributed by atoms with Crippen molar-refractivity contribution in [3.8, 4) is 5.75 Å². The minimum Gasteiger partial charge on any atom is -0.489 e. The fourth-order valence-electron chi connectivity index (χ4n) is 2.97. The first-order valence-corrected chi connectivity index (χ1v) is 9.12. The van der Waals surface area contributed by atoms with Gasteiger partial charge >= 0.3 is 5.97 Å². The number of benzene rings is 1. The molecular formula is C19H21NO4S. The van der Waals surface area contributed by atoms with Crippen LogP contribution < -0.4 is 4.74 Å². The summed E-state index contributed by atoms with van der Waals surface area (Å²) < 4.78 is 10.6. The number of thiophene rings is 1. The van der Waals surface area contributed by atoms with Crippen LogP contribution in [0.25, 0.3) is 0 Å². The Bertz CT molecular complexity index is 770. The van der Waals surface area contributed by atoms with Crippen LogP contribution in [-0.4, -0.2) is 36.5 Å². The molecule has 25 heavy (non-hydrogen) atoms. The first-order valence-electron chi connectivity index (χ1n) is 8.24. The fourth-order valence-corrected chi connectivity index (χ4v) is 3.82. The molecule has 0 spiro atoms. The molecule has 1 aliphatic heterocycles. The maximum atomic E-state index is 12.7. The molecule has 0 N–H and O–H groups in total. The summed E-state index contributed by atoms with van der Waals surface area (Å²) in [5.74, 6) is 0.356. The molecule has 132 valence electrons. The summed E-state index contributed by atoms with van der Waals surface area (Å²) in [5.41, 5.74) is 2.09. The zero-order valence-electron chi connectivity index (χ0n) is 14.4. The van der Waals surface area contributed by atoms with Crippen molar-refractivity contribution in [1.29, 1.82) is 0 Å². The van der Waals surface area contributed by atoms with Gasteiger partial charge in [0, 0.05) is 12.1 Å². The van der Waals surface area contributed by atoms with Crippen LogP contribution in [0, 0.1) is 6.92 Å². The van der Waals surface area contributed by atoms with E-state index in [0.29, 0.717) is 24.4 Å². The molecule has 0 saturated carbocycles. The third-order valence-corrected chi connectivity index (χ3v) is 5.21. The topological polar surface area (TPSA) is 55.8 Å². The van der Waals surface area contributed by atoms with Crippen LogP contribution in [-0.2, 0) is 16.1 Å². The first-order chi connectivity index (χ1) is 12.1. The number of hydrogen-bond acceptors (Lipinski definition) is 5. The van der Waals surface area contributed by atoms with Gasteiger partial charge in [-0.05, 0) is 48.9 Å². The van der Waals surface area contributed by atoms with Crippen LogP contribution in [0.3, 0.4) is 0 Å². The van der Waals surface area contributed by atoms with Crippen molar-refractivity contribution in [2.24, 2.45) is 0 Å². The van der Waals surface area contributed by atoms with E-state index in [2.05, 4.69) is 0 Å². The Morgan fingerprint density at radius 3 is 2.92 bits per heavy atom. The Balaban J connectivity index is 1.64. The van der Waals surface area contributed by atoms with E-state index in [4.69, 9.17) is 9.47 Å². The number of methoxy groups -OCH3 is 1. The summed E-state index contributed by atoms with van der Waals surface area (Å²) >= 11 is 1.38. The lowest BCUT2D eigenvalue weighted by Crippen LogP contribution is -2.40. The van der Waals surface area contributed by atoms with Crippen LogP contribution in [0.4, 0.5) is 0 Å². The Morgan fingerprint density at radius 1 is 1.32 bits per heavy atom. The van der Waals surface area contributed by atoms with E-state index in [1.165, 1.54) is 18.4 Å². The smallest absolute Gasteiger partial charge is 0.328 e. The van der Waals surface area contributed by atoms with Crippen LogP contribution in [0.15, 0.2) is 35.7 Å². The summed E-state index contributed by atoms with van der Waals surface area (Å²) in [7, 11) is 1.36. The van der Waals surface area contributed by atoms with Crippen molar-refractivity contribution in [2.75, 3.05) is 13.7 Å². The molecule has 5 nitrogen and oxygen atoms in total. The number of aryl methyl sites for hydroxylation is 1. The van der Waals surface area contributed by atoms with Gasteiger partial charge in [0.1, 0.15) is 18.4 Å². The summed E-state index contributed by atoms with van der Waals surface area (Å²) in [6, 6.07) is 9.23. The minimum atomic E-state index is -0.466. The lowest BCUT2D eigenvalue weighted by atomic mass is 10.2. The molecule has 1 aliphatic rings. The number of nitrogens with zero attached hydrogens (tertiary/aromatic N) is 1. The second-order valence-corrected chi connectivity index (χ2v) is 7.02. The number of ether oxygens (including phenoxy) is 2. The second-order valence-electron chi connectivity index (χ2n) is 6.10. The second kappa shape index (κ2) is 7.70. The van der Waals surface area contributed by atoms with E-state index in [1.807, 2.05) is 42.6 Å². The first kappa shape index (κ1) is 17.5. The van der Waals surface area contributed by atoms with Gasteiger partial charge < -0.3 is 14.4 Å². The highest BCUT2D eigenvalue weighted by Crippen LogP contribution is 2.25. The van der Waals surface area contributed by atoms with E-state index in [0.717, 1.165) is 23.3 Å². The van der Waals surface area contributed by atoms with Crippen molar-refractivity contribution in [2.45, 2.75) is 32.4 Å². The molecule has 0 bridgehead atoms. The molecule has 2 aromatic rings. The molecule has 1 saturated heterocycles. The van der Waals surface area contributed by atoms with Gasteiger partial charge in [-0.3, -0.25) is 4.79 Å². The van der Waals surface area contributed by atoms with Gasteiger partial charge in [-0.15, -0.1) is 11.3 Å². The molecule has 0 radical (unpaired) electrons. The fraction of sp³-hybridized carbons (Fsp3) is 0.368. The van der Waals surface area contributed by atoms with E-state index in [1.54, 1.807) is 4.90 Å². The van der Waals surface area contributed by atoms with Gasteiger partial charge in [0.05, 0.1) is 12.0 Å². The Morgan fingerprint density at radius 2 is 2.16 bits per heavy atom. The predicted molar refractivity (Wildman–Crippen MR) is 95.9 cm³/mol. The van der Waals surface area contributed by atoms with Gasteiger partial charge in [0.15, 0.2) is 0 Å². The molecule has 1 atom stereocenters. The molecular weight excluding hydrogens is 338 g/mol. The standard InChI is InChI=1S/C19H21NO4S/c1-13-5-3-6-15(9-13)24-11-14-10-17(25-12-14)18(21)20-8-4-7-16(20)19(22)23-2/h3,5-6,9-10,12,16H,4,7-8,11H2,1-2H3. The average molecular weight is 359 g/mol. The molecule has 0 aliphatic carbocycles. The van der Waals surface area contributed by atoms with Gasteiger partial charge in [0.25, 0.3) is 5.91 Å². The number of amides is 1. The average Bonchev–Trinajstić information content (AvgIpc) is 3.28. The third kappa shape index (κ3) is 4.02. The van der Waals surface area contributed by atoms with Crippen LogP contribution in [0.5, 0.6) is 5.75 Å². The maximum Gasteiger partial charge on any atom is 0.328 e. The number of rotatable bonds is 5. The Kier molecular flexibility index (Phi) is 5.38. The zero-order chi connectivity index (χ0) is 17.8. The molecule has 3 rings (SSSR count). The van der Waals surface area contributed by atoms with Crippen molar-refractivity contribution < 1.29 is 19.1 Å². The summed E-state index contributed by atoms with van der Waals surface area (Å²) in [5, 5.41) is 1.92. The van der Waals surface area contributed by atoms with Crippen LogP contribution in [0.1, 0.15) is 33.6 Å². The molecule has 1 unspecified atom stereocenters. The molecule has 1 fully saturated rings. The largest absolute Gasteiger partial charge is 0.489 e. The van der Waals surface area contributed by atoms with Gasteiger partial charge in [-0.2, -0.15) is 0 Å². The maximum absolute atomic E-state index is 12.7. The number of esters is 1. The molecule has 1 aromatic carbocycles. The number of likely N-dealkylation sites (tertiary alicyclic amines) is 1. The Hall–Kier alpha value is -2.34. The summed E-state index contributed by atoms with van der Waals surface area (Å²) in [6.45, 7) is 3.02. The number of hydrogen-bond donors (Lipinski definition) is 0. The molecule has 1 aromatic heterocycles. The zero-order valence-corrected chi connectivity index (χ0v) is 15.2. The number of carbonyl (C=O) groups excluding carboxylic acids is 2. The van der Waals surface area contributed by atoms with Crippen molar-refractivity contribution in [3.05, 3.63) is 51.7 Å². The Labute approximate surface area is 151 Å². The molecule has 6 heteroatoms. The highest BCUT2D eigenvalue weighted by molar-refractivity contribution is 7.12. The molecule has 2 heterocycles. The lowest BCUT2D eigenvalue weighted by Gasteiger charge is -2.21. The summed E-state index contributed by atoms with van der Waals surface area (Å²) in [6.07, 6.45) is 1.48. The number of carbonyl (C=O) groups is 2. The normalized spacial score (nSPS) is 16.7. The van der Waals surface area contributed by atoms with Gasteiger partial charge in [-0.25, -0.2) is 4.79 Å². The van der Waals surface area contributed by atoms with Crippen molar-refractivity contribution in [3.63, 3.8) is 0 Å². The quantitative estimate of drug-likeness (QED) is 0.768. The highest BCUT2D eigenvalue weighted by Gasteiger charge is 2.35. The van der Waals surface area contributed by atoms with E-state index in [-0.39, 0.29) is 11.9 Å². The monoisotopic (exact) mass is 359 g/mol. The van der Waals surface area contributed by atoms with E-state index >= 15 is 0 Å². The minimum absolute atomic E-state index is 0.111. The summed E-state index contributed by atoms with van der Waals surface area (Å²) in [4.78, 5) is 26.8. The van der Waals surface area contributed by atoms with Crippen LogP contribution >= 0.6 is 11.3 Å². The lowest BCUT2D eigenvalue weighted by molar-refractivity contribution is -0.145. The molecule has 1 amide bonds. The van der Waals surface area contributed by atoms with Gasteiger partial charge in [0.2, 0.25) is 0 Å². The third-order valence-electron chi connectivity index (χ3n) is 4.25. The van der Waals surface area contributed by atoms with E-state index in [9.17, 15) is 9.59 Å². The highest BCUT2D eigenvalue weighted by atomic mass is 32.1. The predicted octanol–water partition coefficient (Wildman–Crippen LogP) is 3.41. The SMILES string of the molecule is COC(=O)C1CCCN1C(=O)c1cc(COc2cccc(C)c2)cs1. The van der Waals surface area contributed by atoms with E-state index < -0.39 is 6.04 Å². The van der Waals surface area contributed by atoms with Crippen molar-refractivity contribution >= 4 is 23.2 Å². The van der Waals surface area contributed by atoms with Crippen molar-refractivity contribution in [1.82, 2.24) is 4.90 Å². The van der Waals surface area contributed by atoms with Crippen LogP contribution in [0.2, 0.25) is 0 Å². The van der Waals surface area contributed by atoms with Gasteiger partial charge in [-0.1, -0.05) is 12.1 Å².